The zero-order chi connectivity index (χ0) is 15.4. The highest BCUT2D eigenvalue weighted by Crippen LogP contribution is 2.30. The first-order chi connectivity index (χ1) is 10.7. The number of aromatic nitrogens is 1. The summed E-state index contributed by atoms with van der Waals surface area (Å²) in [7, 11) is 0. The van der Waals surface area contributed by atoms with Crippen LogP contribution in [0.1, 0.15) is 10.4 Å². The minimum Gasteiger partial charge on any atom is -0.253 e. The Morgan fingerprint density at radius 1 is 1.14 bits per heavy atom. The van der Waals surface area contributed by atoms with E-state index < -0.39 is 0 Å². The average molecular weight is 311 g/mol. The maximum atomic E-state index is 13.1. The summed E-state index contributed by atoms with van der Waals surface area (Å²) in [5.74, 6) is -0.277. The van der Waals surface area contributed by atoms with E-state index in [1.165, 1.54) is 23.5 Å². The van der Waals surface area contributed by atoms with E-state index >= 15 is 0 Å². The van der Waals surface area contributed by atoms with Crippen molar-refractivity contribution in [3.8, 4) is 11.3 Å². The molecule has 3 rings (SSSR count). The van der Waals surface area contributed by atoms with E-state index in [0.29, 0.717) is 10.7 Å². The zero-order valence-electron chi connectivity index (χ0n) is 12.0. The Bertz CT molecular complexity index is 797. The highest BCUT2D eigenvalue weighted by atomic mass is 32.1. The Hall–Kier alpha value is -2.53. The third-order valence-corrected chi connectivity index (χ3v) is 3.94. The van der Waals surface area contributed by atoms with E-state index in [9.17, 15) is 4.39 Å². The van der Waals surface area contributed by atoms with Crippen LogP contribution < -0.4 is 5.43 Å². The largest absolute Gasteiger partial charge is 0.253 e. The first-order valence-electron chi connectivity index (χ1n) is 6.80. The molecule has 1 N–H and O–H groups in total. The molecule has 0 atom stereocenters. The number of anilines is 1. The van der Waals surface area contributed by atoms with Crippen LogP contribution in [0.2, 0.25) is 0 Å². The van der Waals surface area contributed by atoms with Crippen molar-refractivity contribution in [1.82, 2.24) is 4.98 Å². The Kier molecular flexibility index (Phi) is 4.25. The van der Waals surface area contributed by atoms with Crippen molar-refractivity contribution >= 4 is 22.7 Å². The molecular weight excluding hydrogens is 297 g/mol. The molecule has 0 fully saturated rings. The fourth-order valence-electron chi connectivity index (χ4n) is 2.06. The number of benzene rings is 2. The van der Waals surface area contributed by atoms with Crippen LogP contribution in [0.5, 0.6) is 0 Å². The van der Waals surface area contributed by atoms with Crippen LogP contribution in [-0.2, 0) is 0 Å². The normalized spacial score (nSPS) is 11.0. The van der Waals surface area contributed by atoms with Crippen LogP contribution in [0.25, 0.3) is 11.3 Å². The fourth-order valence-corrected chi connectivity index (χ4v) is 2.84. The summed E-state index contributed by atoms with van der Waals surface area (Å²) in [6.45, 7) is 2.03. The van der Waals surface area contributed by atoms with Crippen LogP contribution in [0, 0.1) is 12.7 Å². The van der Waals surface area contributed by atoms with Gasteiger partial charge in [0.15, 0.2) is 0 Å². The van der Waals surface area contributed by atoms with E-state index in [-0.39, 0.29) is 5.82 Å². The summed E-state index contributed by atoms with van der Waals surface area (Å²) in [6.07, 6.45) is 1.57. The number of nitrogens with zero attached hydrogens (tertiary/aromatic N) is 2. The number of hydrogen-bond acceptors (Lipinski definition) is 4. The lowest BCUT2D eigenvalue weighted by Crippen LogP contribution is -1.90. The molecule has 22 heavy (non-hydrogen) atoms. The van der Waals surface area contributed by atoms with Gasteiger partial charge >= 0.3 is 0 Å². The Morgan fingerprint density at radius 2 is 1.95 bits per heavy atom. The van der Waals surface area contributed by atoms with Crippen molar-refractivity contribution < 1.29 is 4.39 Å². The van der Waals surface area contributed by atoms with E-state index in [2.05, 4.69) is 15.5 Å². The second kappa shape index (κ2) is 6.49. The number of rotatable bonds is 4. The van der Waals surface area contributed by atoms with Gasteiger partial charge in [-0.25, -0.2) is 9.37 Å². The summed E-state index contributed by atoms with van der Waals surface area (Å²) >= 11 is 1.54. The second-order valence-electron chi connectivity index (χ2n) is 4.71. The van der Waals surface area contributed by atoms with Gasteiger partial charge in [-0.1, -0.05) is 42.5 Å². The van der Waals surface area contributed by atoms with Crippen molar-refractivity contribution in [3.05, 3.63) is 70.9 Å². The van der Waals surface area contributed by atoms with E-state index in [4.69, 9.17) is 0 Å². The Labute approximate surface area is 132 Å². The van der Waals surface area contributed by atoms with Gasteiger partial charge in [0.05, 0.1) is 11.9 Å². The first kappa shape index (κ1) is 14.4. The third kappa shape index (κ3) is 3.38. The number of thiazole rings is 1. The summed E-state index contributed by atoms with van der Waals surface area (Å²) in [5.41, 5.74) is 5.63. The Balaban J connectivity index is 1.74. The van der Waals surface area contributed by atoms with Crippen molar-refractivity contribution in [3.63, 3.8) is 0 Å². The van der Waals surface area contributed by atoms with Gasteiger partial charge in [0.25, 0.3) is 0 Å². The molecule has 0 amide bonds. The molecule has 5 heteroatoms. The summed E-state index contributed by atoms with van der Waals surface area (Å²) in [4.78, 5) is 5.67. The molecule has 0 aliphatic heterocycles. The van der Waals surface area contributed by atoms with Crippen LogP contribution in [0.3, 0.4) is 0 Å². The van der Waals surface area contributed by atoms with Gasteiger partial charge in [-0.05, 0) is 24.6 Å². The maximum absolute atomic E-state index is 13.1. The monoisotopic (exact) mass is 311 g/mol. The van der Waals surface area contributed by atoms with Gasteiger partial charge in [0.2, 0.25) is 5.13 Å². The van der Waals surface area contributed by atoms with E-state index in [0.717, 1.165) is 16.1 Å². The van der Waals surface area contributed by atoms with Crippen LogP contribution >= 0.6 is 11.3 Å². The predicted molar refractivity (Wildman–Crippen MR) is 89.9 cm³/mol. The highest BCUT2D eigenvalue weighted by Gasteiger charge is 2.08. The van der Waals surface area contributed by atoms with Crippen LogP contribution in [-0.4, -0.2) is 11.2 Å². The molecule has 0 saturated heterocycles. The predicted octanol–water partition coefficient (Wildman–Crippen LogP) is 4.70. The molecule has 3 aromatic rings. The summed E-state index contributed by atoms with van der Waals surface area (Å²) < 4.78 is 13.1. The third-order valence-electron chi connectivity index (χ3n) is 3.07. The quantitative estimate of drug-likeness (QED) is 0.560. The molecule has 0 radical (unpaired) electrons. The molecule has 0 spiro atoms. The number of hydrogen-bond donors (Lipinski definition) is 1. The van der Waals surface area contributed by atoms with Gasteiger partial charge in [0, 0.05) is 10.4 Å². The molecule has 1 heterocycles. The highest BCUT2D eigenvalue weighted by molar-refractivity contribution is 7.15. The molecule has 0 aliphatic carbocycles. The van der Waals surface area contributed by atoms with Gasteiger partial charge < -0.3 is 0 Å². The zero-order valence-corrected chi connectivity index (χ0v) is 12.8. The smallest absolute Gasteiger partial charge is 0.204 e. The number of hydrazone groups is 1. The van der Waals surface area contributed by atoms with Crippen molar-refractivity contribution in [2.75, 3.05) is 5.43 Å². The topological polar surface area (TPSA) is 37.3 Å². The number of halogens is 1. The lowest BCUT2D eigenvalue weighted by atomic mass is 10.1. The second-order valence-corrected chi connectivity index (χ2v) is 5.92. The van der Waals surface area contributed by atoms with Gasteiger partial charge in [0.1, 0.15) is 5.82 Å². The van der Waals surface area contributed by atoms with Crippen molar-refractivity contribution in [2.45, 2.75) is 6.92 Å². The standard InChI is InChI=1S/C17H14FN3S/c1-12-16(14-7-3-2-4-8-14)20-17(22-12)21-19-11-13-6-5-9-15(18)10-13/h2-11H,1H3,(H,20,21)/b19-11+. The molecule has 110 valence electrons. The summed E-state index contributed by atoms with van der Waals surface area (Å²) in [6, 6.07) is 16.3. The number of aryl methyl sites for hydroxylation is 1. The van der Waals surface area contributed by atoms with E-state index in [1.54, 1.807) is 18.3 Å². The average Bonchev–Trinajstić information content (AvgIpc) is 2.89. The van der Waals surface area contributed by atoms with E-state index in [1.807, 2.05) is 37.3 Å². The van der Waals surface area contributed by atoms with Crippen LogP contribution in [0.4, 0.5) is 9.52 Å². The first-order valence-corrected chi connectivity index (χ1v) is 7.61. The lowest BCUT2D eigenvalue weighted by Gasteiger charge is -1.97. The Morgan fingerprint density at radius 3 is 2.73 bits per heavy atom. The minimum absolute atomic E-state index is 0.277. The lowest BCUT2D eigenvalue weighted by molar-refractivity contribution is 0.627. The molecule has 0 unspecified atom stereocenters. The molecule has 0 bridgehead atoms. The molecule has 0 saturated carbocycles. The van der Waals surface area contributed by atoms with Gasteiger partial charge in [-0.15, -0.1) is 11.3 Å². The number of nitrogens with one attached hydrogen (secondary N) is 1. The van der Waals surface area contributed by atoms with Crippen molar-refractivity contribution in [1.29, 1.82) is 0 Å². The minimum atomic E-state index is -0.277. The molecule has 3 nitrogen and oxygen atoms in total. The van der Waals surface area contributed by atoms with Gasteiger partial charge in [-0.2, -0.15) is 5.10 Å². The fraction of sp³-hybridized carbons (Fsp3) is 0.0588. The van der Waals surface area contributed by atoms with Crippen molar-refractivity contribution in [2.24, 2.45) is 5.10 Å². The molecule has 1 aromatic heterocycles. The SMILES string of the molecule is Cc1sc(N/N=C/c2cccc(F)c2)nc1-c1ccccc1. The van der Waals surface area contributed by atoms with Crippen LogP contribution in [0.15, 0.2) is 59.7 Å². The molecular formula is C17H14FN3S. The maximum Gasteiger partial charge on any atom is 0.204 e. The summed E-state index contributed by atoms with van der Waals surface area (Å²) in [5, 5.41) is 4.82. The molecule has 2 aromatic carbocycles. The van der Waals surface area contributed by atoms with Gasteiger partial charge in [-0.3, -0.25) is 5.43 Å². The molecule has 0 aliphatic rings.